The molecule has 2 N–H and O–H groups in total. The van der Waals surface area contributed by atoms with Crippen molar-refractivity contribution in [1.29, 1.82) is 0 Å². The Morgan fingerprint density at radius 1 is 1.65 bits per heavy atom. The van der Waals surface area contributed by atoms with Crippen LogP contribution < -0.4 is 10.7 Å². The number of likely N-dealkylation sites (N-methyl/N-ethyl adjacent to an activating group) is 1. The van der Waals surface area contributed by atoms with Gasteiger partial charge in [0.1, 0.15) is 0 Å². The standard InChI is InChI=1S/C10H18F2N4O/c1-13-14-5-6-16(2)9(17)15-8-3-4-10(11,12)7-8/h8,14H,1,3-7H2,2H3,(H,15,17). The van der Waals surface area contributed by atoms with E-state index in [0.717, 1.165) is 0 Å². The first-order valence-corrected chi connectivity index (χ1v) is 5.52. The van der Waals surface area contributed by atoms with E-state index < -0.39 is 12.0 Å². The van der Waals surface area contributed by atoms with Gasteiger partial charge >= 0.3 is 6.03 Å². The Balaban J connectivity index is 2.27. The summed E-state index contributed by atoms with van der Waals surface area (Å²) in [7, 11) is 1.60. The molecule has 0 radical (unpaired) electrons. The number of alkyl halides is 2. The van der Waals surface area contributed by atoms with E-state index in [2.05, 4.69) is 22.6 Å². The van der Waals surface area contributed by atoms with Gasteiger partial charge in [-0.25, -0.2) is 13.6 Å². The average Bonchev–Trinajstić information content (AvgIpc) is 2.58. The van der Waals surface area contributed by atoms with Crippen LogP contribution in [0.15, 0.2) is 5.10 Å². The number of rotatable bonds is 5. The SMILES string of the molecule is C=NNCCN(C)C(=O)NC1CCC(F)(F)C1. The van der Waals surface area contributed by atoms with Crippen molar-refractivity contribution in [2.75, 3.05) is 20.1 Å². The van der Waals surface area contributed by atoms with Crippen LogP contribution in [0.1, 0.15) is 19.3 Å². The zero-order valence-corrected chi connectivity index (χ0v) is 9.88. The molecule has 0 aromatic rings. The fourth-order valence-corrected chi connectivity index (χ4v) is 1.76. The zero-order valence-electron chi connectivity index (χ0n) is 9.88. The molecule has 98 valence electrons. The molecule has 0 aromatic heterocycles. The van der Waals surface area contributed by atoms with Gasteiger partial charge in [0, 0.05) is 39.2 Å². The second-order valence-electron chi connectivity index (χ2n) is 4.23. The Morgan fingerprint density at radius 3 is 2.88 bits per heavy atom. The molecule has 1 saturated carbocycles. The highest BCUT2D eigenvalue weighted by atomic mass is 19.3. The molecule has 2 amide bonds. The van der Waals surface area contributed by atoms with E-state index in [1.165, 1.54) is 4.90 Å². The molecule has 5 nitrogen and oxygen atoms in total. The number of halogens is 2. The van der Waals surface area contributed by atoms with Crippen LogP contribution in [0, 0.1) is 0 Å². The lowest BCUT2D eigenvalue weighted by Crippen LogP contribution is -2.44. The highest BCUT2D eigenvalue weighted by Crippen LogP contribution is 2.34. The van der Waals surface area contributed by atoms with Crippen molar-refractivity contribution in [1.82, 2.24) is 15.6 Å². The van der Waals surface area contributed by atoms with Gasteiger partial charge in [-0.15, -0.1) is 0 Å². The lowest BCUT2D eigenvalue weighted by Gasteiger charge is -2.20. The second-order valence-corrected chi connectivity index (χ2v) is 4.23. The number of hydrazone groups is 1. The molecule has 1 aliphatic rings. The molecule has 1 rings (SSSR count). The number of carbonyl (C=O) groups is 1. The van der Waals surface area contributed by atoms with Crippen molar-refractivity contribution in [2.45, 2.75) is 31.2 Å². The lowest BCUT2D eigenvalue weighted by molar-refractivity contribution is 0.00721. The molecule has 7 heteroatoms. The van der Waals surface area contributed by atoms with E-state index in [1.807, 2.05) is 0 Å². The van der Waals surface area contributed by atoms with Gasteiger partial charge in [-0.05, 0) is 6.42 Å². The monoisotopic (exact) mass is 248 g/mol. The van der Waals surface area contributed by atoms with Crippen molar-refractivity contribution < 1.29 is 13.6 Å². The fraction of sp³-hybridized carbons (Fsp3) is 0.800. The molecule has 1 atom stereocenters. The van der Waals surface area contributed by atoms with Gasteiger partial charge in [-0.1, -0.05) is 0 Å². The molecular formula is C10H18F2N4O. The highest BCUT2D eigenvalue weighted by molar-refractivity contribution is 5.74. The fourth-order valence-electron chi connectivity index (χ4n) is 1.76. The van der Waals surface area contributed by atoms with Gasteiger partial charge in [0.25, 0.3) is 0 Å². The van der Waals surface area contributed by atoms with Crippen molar-refractivity contribution in [3.05, 3.63) is 0 Å². The molecule has 1 fully saturated rings. The normalized spacial score (nSPS) is 21.9. The van der Waals surface area contributed by atoms with E-state index in [-0.39, 0.29) is 18.9 Å². The summed E-state index contributed by atoms with van der Waals surface area (Å²) in [5.41, 5.74) is 2.61. The molecule has 1 unspecified atom stereocenters. The molecule has 0 spiro atoms. The Bertz CT molecular complexity index is 285. The van der Waals surface area contributed by atoms with Crippen LogP contribution in [0.25, 0.3) is 0 Å². The third-order valence-corrected chi connectivity index (χ3v) is 2.75. The quantitative estimate of drug-likeness (QED) is 0.433. The minimum atomic E-state index is -2.63. The van der Waals surface area contributed by atoms with Crippen LogP contribution in [0.2, 0.25) is 0 Å². The average molecular weight is 248 g/mol. The van der Waals surface area contributed by atoms with E-state index in [4.69, 9.17) is 0 Å². The Hall–Kier alpha value is -1.40. The summed E-state index contributed by atoms with van der Waals surface area (Å²) in [6, 6.07) is -0.760. The summed E-state index contributed by atoms with van der Waals surface area (Å²) in [5.74, 6) is -2.63. The maximum absolute atomic E-state index is 12.9. The van der Waals surface area contributed by atoms with Crippen LogP contribution in [0.3, 0.4) is 0 Å². The zero-order chi connectivity index (χ0) is 12.9. The van der Waals surface area contributed by atoms with Crippen LogP contribution in [0.5, 0.6) is 0 Å². The number of hydrogen-bond acceptors (Lipinski definition) is 3. The summed E-state index contributed by atoms with van der Waals surface area (Å²) in [6.07, 6.45) is -0.0817. The smallest absolute Gasteiger partial charge is 0.317 e. The van der Waals surface area contributed by atoms with E-state index in [0.29, 0.717) is 19.5 Å². The highest BCUT2D eigenvalue weighted by Gasteiger charge is 2.40. The largest absolute Gasteiger partial charge is 0.335 e. The van der Waals surface area contributed by atoms with Crippen LogP contribution in [-0.4, -0.2) is 49.8 Å². The molecule has 0 bridgehead atoms. The first-order chi connectivity index (χ1) is 7.94. The van der Waals surface area contributed by atoms with Crippen LogP contribution >= 0.6 is 0 Å². The molecule has 1 aliphatic carbocycles. The van der Waals surface area contributed by atoms with Crippen molar-refractivity contribution >= 4 is 12.7 Å². The van der Waals surface area contributed by atoms with Crippen molar-refractivity contribution in [2.24, 2.45) is 5.10 Å². The van der Waals surface area contributed by atoms with E-state index in [1.54, 1.807) is 7.05 Å². The maximum Gasteiger partial charge on any atom is 0.317 e. The Morgan fingerprint density at radius 2 is 2.35 bits per heavy atom. The molecule has 0 aliphatic heterocycles. The molecule has 0 aromatic carbocycles. The Kier molecular flexibility index (Phi) is 4.65. The maximum atomic E-state index is 12.9. The molecule has 17 heavy (non-hydrogen) atoms. The number of nitrogens with zero attached hydrogens (tertiary/aromatic N) is 2. The summed E-state index contributed by atoms with van der Waals surface area (Å²) in [4.78, 5) is 13.0. The number of nitrogens with one attached hydrogen (secondary N) is 2. The predicted octanol–water partition coefficient (Wildman–Crippen LogP) is 1.02. The van der Waals surface area contributed by atoms with E-state index in [9.17, 15) is 13.6 Å². The van der Waals surface area contributed by atoms with E-state index >= 15 is 0 Å². The minimum Gasteiger partial charge on any atom is -0.335 e. The second kappa shape index (κ2) is 5.79. The third-order valence-electron chi connectivity index (χ3n) is 2.75. The minimum absolute atomic E-state index is 0.149. The van der Waals surface area contributed by atoms with Gasteiger partial charge in [-0.2, -0.15) is 5.10 Å². The van der Waals surface area contributed by atoms with Gasteiger partial charge in [0.05, 0.1) is 6.54 Å². The van der Waals surface area contributed by atoms with Gasteiger partial charge < -0.3 is 15.6 Å². The number of hydrogen-bond donors (Lipinski definition) is 2. The molecule has 0 saturated heterocycles. The number of carbonyl (C=O) groups excluding carboxylic acids is 1. The first kappa shape index (κ1) is 13.7. The van der Waals surface area contributed by atoms with Gasteiger partial charge in [-0.3, -0.25) is 0 Å². The number of amides is 2. The van der Waals surface area contributed by atoms with Gasteiger partial charge in [0.15, 0.2) is 0 Å². The summed E-state index contributed by atoms with van der Waals surface area (Å²) in [6.45, 7) is 4.16. The third kappa shape index (κ3) is 4.54. The van der Waals surface area contributed by atoms with Gasteiger partial charge in [0.2, 0.25) is 5.92 Å². The Labute approximate surface area is 99.2 Å². The van der Waals surface area contributed by atoms with Crippen molar-refractivity contribution in [3.63, 3.8) is 0 Å². The topological polar surface area (TPSA) is 56.7 Å². The summed E-state index contributed by atoms with van der Waals surface area (Å²) < 4.78 is 25.8. The lowest BCUT2D eigenvalue weighted by atomic mass is 10.2. The number of urea groups is 1. The van der Waals surface area contributed by atoms with Crippen molar-refractivity contribution in [3.8, 4) is 0 Å². The van der Waals surface area contributed by atoms with Crippen LogP contribution in [-0.2, 0) is 0 Å². The summed E-state index contributed by atoms with van der Waals surface area (Å²) >= 11 is 0. The first-order valence-electron chi connectivity index (χ1n) is 5.52. The molecular weight excluding hydrogens is 230 g/mol. The molecule has 0 heterocycles. The predicted molar refractivity (Wildman–Crippen MR) is 61.3 cm³/mol. The summed E-state index contributed by atoms with van der Waals surface area (Å²) in [5, 5.41) is 6.03. The van der Waals surface area contributed by atoms with Crippen LogP contribution in [0.4, 0.5) is 13.6 Å².